The summed E-state index contributed by atoms with van der Waals surface area (Å²) >= 11 is 0. The Kier molecular flexibility index (Phi) is 11.5. The number of fused-ring (bicyclic) bond motifs is 8. The fourth-order valence-electron chi connectivity index (χ4n) is 12.2. The Morgan fingerprint density at radius 1 is 0.269 bits per heavy atom. The number of hydrogen-bond donors (Lipinski definition) is 0. The fourth-order valence-corrected chi connectivity index (χ4v) is 12.2. The molecule has 0 aliphatic carbocycles. The van der Waals surface area contributed by atoms with Crippen molar-refractivity contribution in [3.05, 3.63) is 237 Å². The molecule has 13 aromatic rings. The second kappa shape index (κ2) is 18.4. The van der Waals surface area contributed by atoms with Crippen molar-refractivity contribution in [3.8, 4) is 22.3 Å². The van der Waals surface area contributed by atoms with E-state index in [4.69, 9.17) is 8.83 Å². The van der Waals surface area contributed by atoms with Gasteiger partial charge in [0, 0.05) is 61.2 Å². The molecule has 0 aliphatic heterocycles. The summed E-state index contributed by atoms with van der Waals surface area (Å²) in [5.41, 5.74) is 29.7. The van der Waals surface area contributed by atoms with E-state index in [9.17, 15) is 0 Å². The highest BCUT2D eigenvalue weighted by molar-refractivity contribution is 6.31. The molecule has 382 valence electrons. The van der Waals surface area contributed by atoms with E-state index in [2.05, 4.69) is 263 Å². The normalized spacial score (nSPS) is 11.8. The van der Waals surface area contributed by atoms with Gasteiger partial charge >= 0.3 is 0 Å². The van der Waals surface area contributed by atoms with Crippen LogP contribution in [0.1, 0.15) is 66.8 Å². The Labute approximate surface area is 457 Å². The van der Waals surface area contributed by atoms with Gasteiger partial charge in [0.15, 0.2) is 0 Å². The van der Waals surface area contributed by atoms with Crippen LogP contribution in [0.4, 0.5) is 34.1 Å². The Morgan fingerprint density at radius 2 is 0.577 bits per heavy atom. The second-order valence-electron chi connectivity index (χ2n) is 22.3. The summed E-state index contributed by atoms with van der Waals surface area (Å²) in [5, 5.41) is 8.77. The molecule has 0 bridgehead atoms. The lowest BCUT2D eigenvalue weighted by molar-refractivity contribution is 0.658. The third-order valence-corrected chi connectivity index (χ3v) is 17.5. The summed E-state index contributed by atoms with van der Waals surface area (Å²) in [6.45, 7) is 26.6. The molecule has 0 saturated carbocycles. The van der Waals surface area contributed by atoms with Crippen LogP contribution >= 0.6 is 0 Å². The first kappa shape index (κ1) is 48.8. The molecular weight excluding hydrogens is 949 g/mol. The van der Waals surface area contributed by atoms with Gasteiger partial charge in [0.05, 0.1) is 5.56 Å². The number of rotatable bonds is 8. The van der Waals surface area contributed by atoms with Gasteiger partial charge in [0.25, 0.3) is 0 Å². The molecule has 2 aromatic heterocycles. The van der Waals surface area contributed by atoms with Crippen molar-refractivity contribution < 1.29 is 8.83 Å². The van der Waals surface area contributed by atoms with Gasteiger partial charge in [-0.15, -0.1) is 0 Å². The van der Waals surface area contributed by atoms with E-state index >= 15 is 0 Å². The molecule has 4 heteroatoms. The topological polar surface area (TPSA) is 32.8 Å². The largest absolute Gasteiger partial charge is 0.455 e. The SMILES string of the molecule is Cc1cc(N(c2cc(C)c(C)c(C)c2)c2ccc3cc4c(cc3c2)oc2c(-c3ccccc3)c3oc5cc6cc(N(c7cc(C)c(C)c(C)c7)c7cc(C)c(C)c(C)c7)ccc6cc5c3c(-c3ccccc3)c24)cc(C)c1C. The molecule has 0 spiro atoms. The number of benzene rings is 11. The molecule has 11 aromatic carbocycles. The van der Waals surface area contributed by atoms with Gasteiger partial charge in [-0.1, -0.05) is 72.8 Å². The van der Waals surface area contributed by atoms with Crippen LogP contribution in [0.15, 0.2) is 179 Å². The quantitative estimate of drug-likeness (QED) is 0.152. The molecule has 0 radical (unpaired) electrons. The predicted octanol–water partition coefficient (Wildman–Crippen LogP) is 21.8. The average molecular weight is 1010 g/mol. The van der Waals surface area contributed by atoms with Crippen molar-refractivity contribution in [1.29, 1.82) is 0 Å². The molecular formula is C74H64N2O2. The van der Waals surface area contributed by atoms with Crippen molar-refractivity contribution in [2.75, 3.05) is 9.80 Å². The molecule has 0 saturated heterocycles. The average Bonchev–Trinajstić information content (AvgIpc) is 3.82. The highest BCUT2D eigenvalue weighted by Gasteiger charge is 2.28. The molecule has 0 unspecified atom stereocenters. The maximum Gasteiger partial charge on any atom is 0.147 e. The maximum atomic E-state index is 7.34. The van der Waals surface area contributed by atoms with E-state index in [1.165, 1.54) is 66.8 Å². The Hall–Kier alpha value is -8.86. The van der Waals surface area contributed by atoms with Crippen LogP contribution < -0.4 is 9.80 Å². The number of hydrogen-bond acceptors (Lipinski definition) is 4. The summed E-state index contributed by atoms with van der Waals surface area (Å²) < 4.78 is 14.7. The lowest BCUT2D eigenvalue weighted by atomic mass is 9.89. The summed E-state index contributed by atoms with van der Waals surface area (Å²) in [5.74, 6) is 0. The van der Waals surface area contributed by atoms with Crippen molar-refractivity contribution in [1.82, 2.24) is 0 Å². The molecule has 0 amide bonds. The van der Waals surface area contributed by atoms with Gasteiger partial charge in [0.2, 0.25) is 0 Å². The van der Waals surface area contributed by atoms with Crippen LogP contribution in [0.25, 0.3) is 87.7 Å². The van der Waals surface area contributed by atoms with Crippen LogP contribution in [0.2, 0.25) is 0 Å². The lowest BCUT2D eigenvalue weighted by Crippen LogP contribution is -2.12. The first-order valence-corrected chi connectivity index (χ1v) is 27.4. The van der Waals surface area contributed by atoms with Crippen molar-refractivity contribution in [3.63, 3.8) is 0 Å². The first-order valence-electron chi connectivity index (χ1n) is 27.4. The van der Waals surface area contributed by atoms with E-state index in [0.717, 1.165) is 122 Å². The number of anilines is 6. The van der Waals surface area contributed by atoms with Gasteiger partial charge in [-0.25, -0.2) is 0 Å². The standard InChI is InChI=1S/C74H64N2O2/c1-41-27-61(28-42(2)49(41)9)75(62-29-43(3)50(10)44(4)30-62)59-25-23-55-37-65-67(39-57(55)35-59)77-73-70(54-21-17-14-18-22-54)74-72(69(71(65)73)53-19-15-13-16-20-53)66-38-56-24-26-60(36-58(56)40-68(66)78-74)76(63-31-45(5)51(11)46(6)32-63)64-33-47(7)52(12)48(8)34-64/h13-40H,1-12H3. The van der Waals surface area contributed by atoms with Crippen LogP contribution in [0.5, 0.6) is 0 Å². The lowest BCUT2D eigenvalue weighted by Gasteiger charge is -2.28. The molecule has 0 fully saturated rings. The molecule has 0 N–H and O–H groups in total. The zero-order valence-corrected chi connectivity index (χ0v) is 46.9. The fraction of sp³-hybridized carbons (Fsp3) is 0.162. The van der Waals surface area contributed by atoms with Gasteiger partial charge in [-0.2, -0.15) is 0 Å². The Morgan fingerprint density at radius 3 is 0.897 bits per heavy atom. The third-order valence-electron chi connectivity index (χ3n) is 17.5. The van der Waals surface area contributed by atoms with Crippen LogP contribution in [0.3, 0.4) is 0 Å². The minimum Gasteiger partial charge on any atom is -0.455 e. The van der Waals surface area contributed by atoms with Crippen molar-refractivity contribution >= 4 is 99.5 Å². The minimum atomic E-state index is 0.810. The Bertz CT molecular complexity index is 4170. The summed E-state index contributed by atoms with van der Waals surface area (Å²) in [7, 11) is 0. The molecule has 13 rings (SSSR count). The molecule has 2 heterocycles. The molecule has 0 aliphatic rings. The van der Waals surface area contributed by atoms with E-state index in [0.29, 0.717) is 0 Å². The second-order valence-corrected chi connectivity index (χ2v) is 22.3. The zero-order chi connectivity index (χ0) is 54.0. The van der Waals surface area contributed by atoms with Crippen LogP contribution in [0, 0.1) is 83.1 Å². The summed E-state index contributed by atoms with van der Waals surface area (Å²) in [4.78, 5) is 4.83. The Balaban J connectivity index is 1.05. The highest BCUT2D eigenvalue weighted by Crippen LogP contribution is 2.52. The smallest absolute Gasteiger partial charge is 0.147 e. The van der Waals surface area contributed by atoms with Gasteiger partial charge in [-0.05, 0) is 280 Å². The van der Waals surface area contributed by atoms with E-state index in [1.54, 1.807) is 0 Å². The summed E-state index contributed by atoms with van der Waals surface area (Å²) in [6, 6.07) is 63.0. The molecule has 4 nitrogen and oxygen atoms in total. The van der Waals surface area contributed by atoms with Gasteiger partial charge in [-0.3, -0.25) is 0 Å². The maximum absolute atomic E-state index is 7.34. The predicted molar refractivity (Wildman–Crippen MR) is 333 cm³/mol. The van der Waals surface area contributed by atoms with Crippen LogP contribution in [-0.2, 0) is 0 Å². The minimum absolute atomic E-state index is 0.810. The van der Waals surface area contributed by atoms with E-state index in [-0.39, 0.29) is 0 Å². The van der Waals surface area contributed by atoms with E-state index < -0.39 is 0 Å². The third kappa shape index (κ3) is 7.87. The van der Waals surface area contributed by atoms with Crippen LogP contribution in [-0.4, -0.2) is 0 Å². The van der Waals surface area contributed by atoms with Gasteiger partial charge in [0.1, 0.15) is 22.3 Å². The first-order chi connectivity index (χ1) is 37.6. The summed E-state index contributed by atoms with van der Waals surface area (Å²) in [6.07, 6.45) is 0. The number of aryl methyl sites for hydroxylation is 8. The van der Waals surface area contributed by atoms with Crippen molar-refractivity contribution in [2.24, 2.45) is 0 Å². The number of nitrogens with zero attached hydrogens (tertiary/aromatic N) is 2. The zero-order valence-electron chi connectivity index (χ0n) is 46.9. The van der Waals surface area contributed by atoms with E-state index in [1.807, 2.05) is 0 Å². The van der Waals surface area contributed by atoms with Gasteiger partial charge < -0.3 is 18.6 Å². The highest BCUT2D eigenvalue weighted by atomic mass is 16.3. The number of furan rings is 2. The van der Waals surface area contributed by atoms with Crippen molar-refractivity contribution in [2.45, 2.75) is 83.1 Å². The molecule has 0 atom stereocenters. The molecule has 78 heavy (non-hydrogen) atoms. The monoisotopic (exact) mass is 1010 g/mol.